The van der Waals surface area contributed by atoms with Crippen molar-refractivity contribution in [1.82, 2.24) is 14.9 Å². The second-order valence-corrected chi connectivity index (χ2v) is 7.70. The van der Waals surface area contributed by atoms with Gasteiger partial charge in [-0.25, -0.2) is 9.97 Å². The van der Waals surface area contributed by atoms with Crippen molar-refractivity contribution in [3.63, 3.8) is 0 Å². The number of aryl methyl sites for hydroxylation is 2. The zero-order chi connectivity index (χ0) is 20.1. The maximum Gasteiger partial charge on any atom is 0.266 e. The van der Waals surface area contributed by atoms with Crippen LogP contribution in [0.4, 0.5) is 5.82 Å². The highest BCUT2D eigenvalue weighted by molar-refractivity contribution is 7.13. The van der Waals surface area contributed by atoms with E-state index < -0.39 is 0 Å². The third kappa shape index (κ3) is 5.01. The van der Waals surface area contributed by atoms with Crippen LogP contribution in [0.15, 0.2) is 48.7 Å². The molecule has 1 aromatic carbocycles. The lowest BCUT2D eigenvalue weighted by Gasteiger charge is -2.16. The molecule has 0 aliphatic rings. The van der Waals surface area contributed by atoms with Crippen molar-refractivity contribution in [2.45, 2.75) is 20.3 Å². The Kier molecular flexibility index (Phi) is 6.16. The van der Waals surface area contributed by atoms with Crippen LogP contribution in [0.5, 0.6) is 0 Å². The van der Waals surface area contributed by atoms with Gasteiger partial charge in [-0.1, -0.05) is 30.3 Å². The van der Waals surface area contributed by atoms with Crippen LogP contribution in [-0.4, -0.2) is 40.3 Å². The summed E-state index contributed by atoms with van der Waals surface area (Å²) in [6, 6.07) is 13.6. The number of benzene rings is 1. The van der Waals surface area contributed by atoms with Crippen LogP contribution in [0.2, 0.25) is 0 Å². The number of rotatable bonds is 6. The summed E-state index contributed by atoms with van der Waals surface area (Å²) in [6.45, 7) is 3.69. The van der Waals surface area contributed by atoms with Crippen LogP contribution < -0.4 is 5.32 Å². The Morgan fingerprint density at radius 3 is 2.61 bits per heavy atom. The molecule has 3 aromatic rings. The normalized spacial score (nSPS) is 10.5. The number of carbonyl (C=O) groups is 2. The molecule has 2 heterocycles. The van der Waals surface area contributed by atoms with Gasteiger partial charge in [-0.05, 0) is 37.1 Å². The number of hydrogen-bond acceptors (Lipinski definition) is 5. The third-order valence-electron chi connectivity index (χ3n) is 4.14. The van der Waals surface area contributed by atoms with E-state index in [0.717, 1.165) is 16.1 Å². The molecule has 2 amide bonds. The molecule has 0 atom stereocenters. The fourth-order valence-corrected chi connectivity index (χ4v) is 3.84. The SMILES string of the molecule is Cc1ccnc(NC(=O)CN(C)C(=O)c2sc(Cc3ccccc3)nc2C)c1. The van der Waals surface area contributed by atoms with E-state index in [1.54, 1.807) is 19.3 Å². The van der Waals surface area contributed by atoms with E-state index in [2.05, 4.69) is 15.3 Å². The Labute approximate surface area is 168 Å². The Bertz CT molecular complexity index is 985. The number of aromatic nitrogens is 2. The first-order chi connectivity index (χ1) is 13.4. The molecular formula is C21H22N4O2S. The molecule has 6 nitrogen and oxygen atoms in total. The minimum absolute atomic E-state index is 0.0557. The van der Waals surface area contributed by atoms with Crippen molar-refractivity contribution >= 4 is 29.0 Å². The number of carbonyl (C=O) groups excluding carboxylic acids is 2. The number of nitrogens with zero attached hydrogens (tertiary/aromatic N) is 3. The number of hydrogen-bond donors (Lipinski definition) is 1. The summed E-state index contributed by atoms with van der Waals surface area (Å²) in [7, 11) is 1.61. The van der Waals surface area contributed by atoms with Gasteiger partial charge in [0.15, 0.2) is 0 Å². The zero-order valence-electron chi connectivity index (χ0n) is 16.1. The van der Waals surface area contributed by atoms with E-state index in [9.17, 15) is 9.59 Å². The molecule has 0 radical (unpaired) electrons. The number of likely N-dealkylation sites (N-methyl/N-ethyl adjacent to an activating group) is 1. The van der Waals surface area contributed by atoms with E-state index >= 15 is 0 Å². The van der Waals surface area contributed by atoms with Gasteiger partial charge < -0.3 is 10.2 Å². The summed E-state index contributed by atoms with van der Waals surface area (Å²) in [4.78, 5) is 35.6. The van der Waals surface area contributed by atoms with Gasteiger partial charge in [0.25, 0.3) is 5.91 Å². The summed E-state index contributed by atoms with van der Waals surface area (Å²) >= 11 is 1.38. The molecule has 0 saturated heterocycles. The average molecular weight is 395 g/mol. The summed E-state index contributed by atoms with van der Waals surface area (Å²) in [5.74, 6) is -0.0211. The number of anilines is 1. The van der Waals surface area contributed by atoms with Crippen molar-refractivity contribution in [1.29, 1.82) is 0 Å². The summed E-state index contributed by atoms with van der Waals surface area (Å²) in [6.07, 6.45) is 2.32. The van der Waals surface area contributed by atoms with Gasteiger partial charge in [0, 0.05) is 19.7 Å². The highest BCUT2D eigenvalue weighted by Crippen LogP contribution is 2.22. The van der Waals surface area contributed by atoms with Crippen LogP contribution in [0, 0.1) is 13.8 Å². The number of pyridine rings is 1. The molecule has 144 valence electrons. The molecule has 0 spiro atoms. The van der Waals surface area contributed by atoms with E-state index in [1.165, 1.54) is 16.2 Å². The van der Waals surface area contributed by atoms with Crippen LogP contribution in [0.3, 0.4) is 0 Å². The van der Waals surface area contributed by atoms with E-state index in [0.29, 0.717) is 22.8 Å². The van der Waals surface area contributed by atoms with Gasteiger partial charge in [0.2, 0.25) is 5.91 Å². The van der Waals surface area contributed by atoms with Crippen LogP contribution >= 0.6 is 11.3 Å². The molecule has 0 aliphatic carbocycles. The summed E-state index contributed by atoms with van der Waals surface area (Å²) < 4.78 is 0. The van der Waals surface area contributed by atoms with Gasteiger partial charge in [0.05, 0.1) is 17.2 Å². The lowest BCUT2D eigenvalue weighted by molar-refractivity contribution is -0.116. The second kappa shape index (κ2) is 8.75. The predicted molar refractivity (Wildman–Crippen MR) is 111 cm³/mol. The van der Waals surface area contributed by atoms with E-state index in [-0.39, 0.29) is 18.4 Å². The zero-order valence-corrected chi connectivity index (χ0v) is 16.9. The monoisotopic (exact) mass is 394 g/mol. The Balaban J connectivity index is 1.63. The van der Waals surface area contributed by atoms with Crippen LogP contribution in [-0.2, 0) is 11.2 Å². The molecule has 3 rings (SSSR count). The molecule has 0 bridgehead atoms. The van der Waals surface area contributed by atoms with Crippen LogP contribution in [0.25, 0.3) is 0 Å². The van der Waals surface area contributed by atoms with Gasteiger partial charge in [-0.15, -0.1) is 11.3 Å². The lowest BCUT2D eigenvalue weighted by atomic mass is 10.2. The van der Waals surface area contributed by atoms with Crippen molar-refractivity contribution in [2.75, 3.05) is 18.9 Å². The Hall–Kier alpha value is -3.06. The summed E-state index contributed by atoms with van der Waals surface area (Å²) in [5, 5.41) is 3.60. The van der Waals surface area contributed by atoms with Gasteiger partial charge >= 0.3 is 0 Å². The minimum Gasteiger partial charge on any atom is -0.332 e. The molecular weight excluding hydrogens is 372 g/mol. The van der Waals surface area contributed by atoms with Crippen molar-refractivity contribution in [3.05, 3.63) is 75.4 Å². The lowest BCUT2D eigenvalue weighted by Crippen LogP contribution is -2.35. The largest absolute Gasteiger partial charge is 0.332 e. The summed E-state index contributed by atoms with van der Waals surface area (Å²) in [5.41, 5.74) is 2.84. The highest BCUT2D eigenvalue weighted by Gasteiger charge is 2.21. The molecule has 0 fully saturated rings. The quantitative estimate of drug-likeness (QED) is 0.695. The number of nitrogens with one attached hydrogen (secondary N) is 1. The maximum atomic E-state index is 12.8. The van der Waals surface area contributed by atoms with Crippen molar-refractivity contribution in [3.8, 4) is 0 Å². The first-order valence-corrected chi connectivity index (χ1v) is 9.72. The van der Waals surface area contributed by atoms with E-state index in [4.69, 9.17) is 0 Å². The van der Waals surface area contributed by atoms with Gasteiger partial charge in [0.1, 0.15) is 10.7 Å². The Morgan fingerprint density at radius 1 is 1.14 bits per heavy atom. The van der Waals surface area contributed by atoms with Crippen LogP contribution in [0.1, 0.15) is 31.5 Å². The molecule has 1 N–H and O–H groups in total. The maximum absolute atomic E-state index is 12.8. The van der Waals surface area contributed by atoms with Crippen molar-refractivity contribution < 1.29 is 9.59 Å². The second-order valence-electron chi connectivity index (χ2n) is 6.61. The smallest absolute Gasteiger partial charge is 0.266 e. The first kappa shape index (κ1) is 19.7. The molecule has 7 heteroatoms. The molecule has 0 saturated carbocycles. The first-order valence-electron chi connectivity index (χ1n) is 8.90. The van der Waals surface area contributed by atoms with Gasteiger partial charge in [-0.3, -0.25) is 9.59 Å². The minimum atomic E-state index is -0.291. The predicted octanol–water partition coefficient (Wildman–Crippen LogP) is 3.46. The third-order valence-corrected chi connectivity index (χ3v) is 5.29. The standard InChI is InChI=1S/C21H22N4O2S/c1-14-9-10-22-17(11-14)24-18(26)13-25(3)21(27)20-15(2)23-19(28-20)12-16-7-5-4-6-8-16/h4-11H,12-13H2,1-3H3,(H,22,24,26). The fraction of sp³-hybridized carbons (Fsp3) is 0.238. The molecule has 2 aromatic heterocycles. The fourth-order valence-electron chi connectivity index (χ4n) is 2.74. The van der Waals surface area contributed by atoms with E-state index in [1.807, 2.05) is 50.2 Å². The number of amides is 2. The molecule has 0 unspecified atom stereocenters. The van der Waals surface area contributed by atoms with Gasteiger partial charge in [-0.2, -0.15) is 0 Å². The molecule has 0 aliphatic heterocycles. The average Bonchev–Trinajstić information content (AvgIpc) is 3.01. The number of thiazole rings is 1. The highest BCUT2D eigenvalue weighted by atomic mass is 32.1. The molecule has 28 heavy (non-hydrogen) atoms. The Morgan fingerprint density at radius 2 is 1.89 bits per heavy atom. The van der Waals surface area contributed by atoms with Crippen molar-refractivity contribution in [2.24, 2.45) is 0 Å². The topological polar surface area (TPSA) is 75.2 Å².